The Kier molecular flexibility index (Phi) is 5.58. The quantitative estimate of drug-likeness (QED) is 0.270. The summed E-state index contributed by atoms with van der Waals surface area (Å²) >= 11 is 0.893. The van der Waals surface area contributed by atoms with Gasteiger partial charge in [0.2, 0.25) is 0 Å². The zero-order valence-corrected chi connectivity index (χ0v) is 16.8. The van der Waals surface area contributed by atoms with Crippen LogP contribution in [-0.2, 0) is 6.42 Å². The van der Waals surface area contributed by atoms with Crippen molar-refractivity contribution < 1.29 is 22.4 Å². The van der Waals surface area contributed by atoms with Gasteiger partial charge in [0.1, 0.15) is 5.82 Å². The number of nitrogens with one attached hydrogen (secondary N) is 2. The summed E-state index contributed by atoms with van der Waals surface area (Å²) in [5.41, 5.74) is 2.53. The third-order valence-electron chi connectivity index (χ3n) is 4.91. The molecule has 0 heterocycles. The van der Waals surface area contributed by atoms with E-state index in [1.807, 2.05) is 0 Å². The first-order valence-electron chi connectivity index (χ1n) is 9.38. The highest BCUT2D eigenvalue weighted by Crippen LogP contribution is 2.36. The summed E-state index contributed by atoms with van der Waals surface area (Å²) in [6.07, 6.45) is -3.37. The van der Waals surface area contributed by atoms with Gasteiger partial charge in [-0.1, -0.05) is 36.0 Å². The zero-order chi connectivity index (χ0) is 22.2. The maximum atomic E-state index is 14.2. The van der Waals surface area contributed by atoms with E-state index in [-0.39, 0.29) is 26.8 Å². The molecule has 8 heteroatoms. The van der Waals surface area contributed by atoms with Crippen LogP contribution in [0.2, 0.25) is 0 Å². The highest BCUT2D eigenvalue weighted by atomic mass is 32.2. The molecule has 0 unspecified atom stereocenters. The van der Waals surface area contributed by atoms with Crippen LogP contribution in [0.25, 0.3) is 0 Å². The largest absolute Gasteiger partial charge is 0.482 e. The third kappa shape index (κ3) is 4.64. The number of halogens is 4. The monoisotopic (exact) mass is 444 g/mol. The summed E-state index contributed by atoms with van der Waals surface area (Å²) in [6.45, 7) is 0. The van der Waals surface area contributed by atoms with E-state index in [1.165, 1.54) is 41.7 Å². The summed E-state index contributed by atoms with van der Waals surface area (Å²) in [6, 6.07) is 14.6. The molecule has 3 aromatic rings. The van der Waals surface area contributed by atoms with Crippen LogP contribution >= 0.6 is 11.8 Å². The molecular weight excluding hydrogens is 428 g/mol. The standard InChI is InChI=1S/C23H16F4N2OS/c24-18-3-1-2-4-20(18)31-21-12-15(29-23(25,26)27)7-9-17(21)22(30)14-5-8-16-13(11-14)6-10-19(16)28/h1-5,7-9,11-12,28-29H,6,10H2. The minimum atomic E-state index is -4.64. The van der Waals surface area contributed by atoms with Crippen molar-refractivity contribution in [2.45, 2.75) is 28.9 Å². The molecule has 0 bridgehead atoms. The molecule has 4 rings (SSSR count). The summed E-state index contributed by atoms with van der Waals surface area (Å²) in [7, 11) is 0. The SMILES string of the molecule is N=C1CCc2cc(C(=O)c3ccc(NC(F)(F)F)cc3Sc3ccccc3F)ccc21. The van der Waals surface area contributed by atoms with Gasteiger partial charge in [0, 0.05) is 32.3 Å². The lowest BCUT2D eigenvalue weighted by Crippen LogP contribution is -2.20. The fraction of sp³-hybridized carbons (Fsp3) is 0.130. The Bertz CT molecular complexity index is 1190. The third-order valence-corrected chi connectivity index (χ3v) is 6.01. The molecule has 3 aromatic carbocycles. The highest BCUT2D eigenvalue weighted by Gasteiger charge is 2.28. The van der Waals surface area contributed by atoms with Gasteiger partial charge in [-0.05, 0) is 60.4 Å². The maximum Gasteiger partial charge on any atom is 0.482 e. The normalized spacial score (nSPS) is 13.2. The van der Waals surface area contributed by atoms with Crippen LogP contribution in [-0.4, -0.2) is 17.8 Å². The zero-order valence-electron chi connectivity index (χ0n) is 16.0. The van der Waals surface area contributed by atoms with Crippen LogP contribution in [0.4, 0.5) is 23.2 Å². The topological polar surface area (TPSA) is 53.0 Å². The average molecular weight is 444 g/mol. The van der Waals surface area contributed by atoms with Gasteiger partial charge >= 0.3 is 6.30 Å². The van der Waals surface area contributed by atoms with Crippen LogP contribution in [0, 0.1) is 11.2 Å². The van der Waals surface area contributed by atoms with Crippen molar-refractivity contribution in [3.05, 3.63) is 88.7 Å². The second-order valence-corrected chi connectivity index (χ2v) is 8.13. The Morgan fingerprint density at radius 2 is 1.74 bits per heavy atom. The molecule has 0 amide bonds. The number of carbonyl (C=O) groups is 1. The molecule has 1 aliphatic rings. The van der Waals surface area contributed by atoms with Gasteiger partial charge in [-0.3, -0.25) is 10.1 Å². The van der Waals surface area contributed by atoms with E-state index in [1.54, 1.807) is 24.3 Å². The van der Waals surface area contributed by atoms with Gasteiger partial charge in [-0.2, -0.15) is 13.2 Å². The molecule has 1 aliphatic carbocycles. The lowest BCUT2D eigenvalue weighted by atomic mass is 9.99. The molecule has 0 atom stereocenters. The summed E-state index contributed by atoms with van der Waals surface area (Å²) in [5.74, 6) is -0.908. The van der Waals surface area contributed by atoms with Crippen molar-refractivity contribution in [1.29, 1.82) is 5.41 Å². The lowest BCUT2D eigenvalue weighted by Gasteiger charge is -2.14. The fourth-order valence-electron chi connectivity index (χ4n) is 3.47. The summed E-state index contributed by atoms with van der Waals surface area (Å²) in [4.78, 5) is 13.6. The minimum Gasteiger partial charge on any atom is -0.305 e. The van der Waals surface area contributed by atoms with Crippen LogP contribution in [0.5, 0.6) is 0 Å². The predicted molar refractivity (Wildman–Crippen MR) is 112 cm³/mol. The lowest BCUT2D eigenvalue weighted by molar-refractivity contribution is -0.0999. The van der Waals surface area contributed by atoms with Gasteiger partial charge in [0.25, 0.3) is 0 Å². The number of anilines is 1. The maximum absolute atomic E-state index is 14.2. The summed E-state index contributed by atoms with van der Waals surface area (Å²) < 4.78 is 52.5. The molecule has 0 radical (unpaired) electrons. The number of ketones is 1. The number of rotatable bonds is 5. The fourth-order valence-corrected chi connectivity index (χ4v) is 4.47. The molecule has 0 aliphatic heterocycles. The summed E-state index contributed by atoms with van der Waals surface area (Å²) in [5, 5.41) is 9.35. The van der Waals surface area contributed by atoms with Crippen LogP contribution in [0.1, 0.15) is 33.5 Å². The number of benzene rings is 3. The Balaban J connectivity index is 1.74. The van der Waals surface area contributed by atoms with E-state index in [4.69, 9.17) is 5.41 Å². The number of hydrogen-bond acceptors (Lipinski definition) is 4. The average Bonchev–Trinajstić information content (AvgIpc) is 3.08. The first kappa shape index (κ1) is 21.1. The van der Waals surface area contributed by atoms with Crippen molar-refractivity contribution in [3.63, 3.8) is 0 Å². The van der Waals surface area contributed by atoms with Crippen LogP contribution in [0.15, 0.2) is 70.5 Å². The predicted octanol–water partition coefficient (Wildman–Crippen LogP) is 6.45. The number of aryl methyl sites for hydroxylation is 1. The van der Waals surface area contributed by atoms with Crippen LogP contribution in [0.3, 0.4) is 0 Å². The second-order valence-electron chi connectivity index (χ2n) is 7.05. The molecule has 0 fully saturated rings. The molecule has 0 spiro atoms. The molecule has 0 saturated carbocycles. The van der Waals surface area contributed by atoms with E-state index in [2.05, 4.69) is 0 Å². The molecule has 2 N–H and O–H groups in total. The van der Waals surface area contributed by atoms with Crippen molar-refractivity contribution in [2.75, 3.05) is 5.32 Å². The number of hydrogen-bond donors (Lipinski definition) is 2. The molecule has 3 nitrogen and oxygen atoms in total. The van der Waals surface area contributed by atoms with E-state index in [9.17, 15) is 22.4 Å². The van der Waals surface area contributed by atoms with Gasteiger partial charge in [0.15, 0.2) is 5.78 Å². The Hall–Kier alpha value is -3.13. The Morgan fingerprint density at radius 3 is 2.48 bits per heavy atom. The Labute approximate surface area is 180 Å². The van der Waals surface area contributed by atoms with Crippen molar-refractivity contribution in [3.8, 4) is 0 Å². The first-order valence-corrected chi connectivity index (χ1v) is 10.2. The number of fused-ring (bicyclic) bond motifs is 1. The van der Waals surface area contributed by atoms with Gasteiger partial charge in [-0.25, -0.2) is 4.39 Å². The van der Waals surface area contributed by atoms with Crippen LogP contribution < -0.4 is 5.32 Å². The van der Waals surface area contributed by atoms with Gasteiger partial charge < -0.3 is 5.41 Å². The van der Waals surface area contributed by atoms with E-state index < -0.39 is 12.1 Å². The molecule has 158 valence electrons. The number of alkyl halides is 3. The molecule has 0 saturated heterocycles. The number of carbonyl (C=O) groups excluding carboxylic acids is 1. The van der Waals surface area contributed by atoms with E-state index in [0.717, 1.165) is 22.9 Å². The van der Waals surface area contributed by atoms with Crippen molar-refractivity contribution >= 4 is 28.9 Å². The van der Waals surface area contributed by atoms with E-state index >= 15 is 0 Å². The van der Waals surface area contributed by atoms with E-state index in [0.29, 0.717) is 24.1 Å². The van der Waals surface area contributed by atoms with Crippen molar-refractivity contribution in [1.82, 2.24) is 0 Å². The molecular formula is C23H16F4N2OS. The molecule has 0 aromatic heterocycles. The second kappa shape index (κ2) is 8.19. The smallest absolute Gasteiger partial charge is 0.305 e. The minimum absolute atomic E-state index is 0.175. The van der Waals surface area contributed by atoms with Gasteiger partial charge in [0.05, 0.1) is 0 Å². The van der Waals surface area contributed by atoms with Crippen molar-refractivity contribution in [2.24, 2.45) is 0 Å². The highest BCUT2D eigenvalue weighted by molar-refractivity contribution is 7.99. The molecule has 31 heavy (non-hydrogen) atoms. The first-order chi connectivity index (χ1) is 14.7. The Morgan fingerprint density at radius 1 is 0.968 bits per heavy atom. The van der Waals surface area contributed by atoms with Gasteiger partial charge in [-0.15, -0.1) is 0 Å².